The van der Waals surface area contributed by atoms with E-state index >= 15 is 0 Å². The number of benzene rings is 4. The summed E-state index contributed by atoms with van der Waals surface area (Å²) in [4.78, 5) is 0. The fourth-order valence-corrected chi connectivity index (χ4v) is 2.94. The lowest BCUT2D eigenvalue weighted by molar-refractivity contribution is 1.08. The standard InChI is InChI=1S/C17H13N/c18-10-11-8-14-6-4-12-2-1-3-13-5-7-15(9-11)17(14)16(12)13/h1-9H,10,18H2. The van der Waals surface area contributed by atoms with Crippen molar-refractivity contribution in [3.8, 4) is 0 Å². The van der Waals surface area contributed by atoms with Crippen molar-refractivity contribution < 1.29 is 0 Å². The smallest absolute Gasteiger partial charge is 0.0178 e. The lowest BCUT2D eigenvalue weighted by Crippen LogP contribution is -1.96. The van der Waals surface area contributed by atoms with Crippen LogP contribution in [0.3, 0.4) is 0 Å². The summed E-state index contributed by atoms with van der Waals surface area (Å²) in [5.74, 6) is 0. The molecule has 0 unspecified atom stereocenters. The lowest BCUT2D eigenvalue weighted by atomic mass is 9.93. The van der Waals surface area contributed by atoms with Crippen LogP contribution in [0.4, 0.5) is 0 Å². The third-order valence-corrected chi connectivity index (χ3v) is 3.76. The highest BCUT2D eigenvalue weighted by molar-refractivity contribution is 6.23. The Morgan fingerprint density at radius 3 is 1.72 bits per heavy atom. The molecule has 0 aliphatic carbocycles. The average Bonchev–Trinajstić information content (AvgIpc) is 2.44. The second-order valence-corrected chi connectivity index (χ2v) is 4.83. The van der Waals surface area contributed by atoms with E-state index in [9.17, 15) is 0 Å². The summed E-state index contributed by atoms with van der Waals surface area (Å²) in [6.45, 7) is 0.594. The molecule has 0 spiro atoms. The van der Waals surface area contributed by atoms with Crippen LogP contribution in [0, 0.1) is 0 Å². The Morgan fingerprint density at radius 1 is 0.667 bits per heavy atom. The van der Waals surface area contributed by atoms with Crippen LogP contribution in [-0.2, 0) is 6.54 Å². The third kappa shape index (κ3) is 1.20. The van der Waals surface area contributed by atoms with Crippen molar-refractivity contribution in [3.63, 3.8) is 0 Å². The summed E-state index contributed by atoms with van der Waals surface area (Å²) in [5, 5.41) is 7.94. The molecule has 4 rings (SSSR count). The largest absolute Gasteiger partial charge is 0.326 e. The van der Waals surface area contributed by atoms with Gasteiger partial charge >= 0.3 is 0 Å². The quantitative estimate of drug-likeness (QED) is 0.491. The topological polar surface area (TPSA) is 26.0 Å². The Labute approximate surface area is 105 Å². The van der Waals surface area contributed by atoms with Gasteiger partial charge in [-0.1, -0.05) is 42.5 Å². The molecular weight excluding hydrogens is 218 g/mol. The van der Waals surface area contributed by atoms with Crippen LogP contribution in [0.25, 0.3) is 32.3 Å². The highest BCUT2D eigenvalue weighted by atomic mass is 14.5. The summed E-state index contributed by atoms with van der Waals surface area (Å²) >= 11 is 0. The van der Waals surface area contributed by atoms with Crippen LogP contribution in [0.1, 0.15) is 5.56 Å². The number of hydrogen-bond acceptors (Lipinski definition) is 1. The van der Waals surface area contributed by atoms with Crippen molar-refractivity contribution in [3.05, 3.63) is 60.2 Å². The minimum atomic E-state index is 0.594. The first-order valence-corrected chi connectivity index (χ1v) is 6.23. The van der Waals surface area contributed by atoms with Crippen LogP contribution >= 0.6 is 0 Å². The lowest BCUT2D eigenvalue weighted by Gasteiger charge is -2.11. The first-order valence-electron chi connectivity index (χ1n) is 6.23. The van der Waals surface area contributed by atoms with Gasteiger partial charge in [0, 0.05) is 6.54 Å². The maximum absolute atomic E-state index is 5.77. The molecule has 0 heterocycles. The zero-order valence-electron chi connectivity index (χ0n) is 9.98. The van der Waals surface area contributed by atoms with Crippen LogP contribution in [0.5, 0.6) is 0 Å². The zero-order valence-corrected chi connectivity index (χ0v) is 9.98. The van der Waals surface area contributed by atoms with Gasteiger partial charge in [-0.15, -0.1) is 0 Å². The van der Waals surface area contributed by atoms with Crippen molar-refractivity contribution in [2.24, 2.45) is 5.73 Å². The Kier molecular flexibility index (Phi) is 1.88. The summed E-state index contributed by atoms with van der Waals surface area (Å²) in [6.07, 6.45) is 0. The molecule has 0 saturated heterocycles. The molecule has 0 amide bonds. The van der Waals surface area contributed by atoms with Gasteiger partial charge in [-0.25, -0.2) is 0 Å². The van der Waals surface area contributed by atoms with E-state index in [1.54, 1.807) is 0 Å². The molecule has 1 nitrogen and oxygen atoms in total. The predicted molar refractivity (Wildman–Crippen MR) is 78.0 cm³/mol. The summed E-state index contributed by atoms with van der Waals surface area (Å²) in [6, 6.07) is 19.7. The van der Waals surface area contributed by atoms with Crippen molar-refractivity contribution in [2.45, 2.75) is 6.54 Å². The zero-order chi connectivity index (χ0) is 12.1. The van der Waals surface area contributed by atoms with Gasteiger partial charge in [-0.3, -0.25) is 0 Å². The van der Waals surface area contributed by atoms with Crippen LogP contribution in [0.2, 0.25) is 0 Å². The van der Waals surface area contributed by atoms with Crippen LogP contribution in [-0.4, -0.2) is 0 Å². The summed E-state index contributed by atoms with van der Waals surface area (Å²) in [5.41, 5.74) is 6.96. The van der Waals surface area contributed by atoms with Gasteiger partial charge in [0.2, 0.25) is 0 Å². The van der Waals surface area contributed by atoms with Gasteiger partial charge in [0.25, 0.3) is 0 Å². The van der Waals surface area contributed by atoms with Crippen molar-refractivity contribution in [1.29, 1.82) is 0 Å². The van der Waals surface area contributed by atoms with Crippen LogP contribution < -0.4 is 5.73 Å². The highest BCUT2D eigenvalue weighted by Crippen LogP contribution is 2.34. The van der Waals surface area contributed by atoms with E-state index in [2.05, 4.69) is 54.6 Å². The van der Waals surface area contributed by atoms with Crippen LogP contribution in [0.15, 0.2) is 54.6 Å². The van der Waals surface area contributed by atoms with Gasteiger partial charge in [-0.2, -0.15) is 0 Å². The number of nitrogens with two attached hydrogens (primary N) is 1. The Morgan fingerprint density at radius 2 is 1.17 bits per heavy atom. The van der Waals surface area contributed by atoms with E-state index in [1.807, 2.05) is 0 Å². The second-order valence-electron chi connectivity index (χ2n) is 4.83. The Bertz CT molecular complexity index is 797. The monoisotopic (exact) mass is 231 g/mol. The minimum Gasteiger partial charge on any atom is -0.326 e. The van der Waals surface area contributed by atoms with Crippen molar-refractivity contribution in [1.82, 2.24) is 0 Å². The molecule has 0 saturated carbocycles. The molecule has 0 aliphatic rings. The van der Waals surface area contributed by atoms with E-state index < -0.39 is 0 Å². The molecule has 0 aromatic heterocycles. The maximum atomic E-state index is 5.77. The first-order chi connectivity index (χ1) is 8.86. The van der Waals surface area contributed by atoms with Gasteiger partial charge in [0.05, 0.1) is 0 Å². The fourth-order valence-electron chi connectivity index (χ4n) is 2.94. The fraction of sp³-hybridized carbons (Fsp3) is 0.0588. The van der Waals surface area contributed by atoms with E-state index in [0.29, 0.717) is 6.54 Å². The maximum Gasteiger partial charge on any atom is 0.0178 e. The van der Waals surface area contributed by atoms with Crippen molar-refractivity contribution in [2.75, 3.05) is 0 Å². The molecular formula is C17H13N. The first kappa shape index (κ1) is 9.86. The molecule has 0 bridgehead atoms. The SMILES string of the molecule is NCc1cc2ccc3cccc4ccc(c1)c2c34. The predicted octanol–water partition coefficient (Wildman–Crippen LogP) is 4.04. The molecule has 0 radical (unpaired) electrons. The molecule has 0 atom stereocenters. The molecule has 1 heteroatoms. The van der Waals surface area contributed by atoms with Gasteiger partial charge in [0.1, 0.15) is 0 Å². The minimum absolute atomic E-state index is 0.594. The molecule has 0 aliphatic heterocycles. The van der Waals surface area contributed by atoms with Gasteiger partial charge in [0.15, 0.2) is 0 Å². The Balaban J connectivity index is 2.35. The van der Waals surface area contributed by atoms with E-state index in [-0.39, 0.29) is 0 Å². The molecule has 4 aromatic rings. The molecule has 0 fully saturated rings. The van der Waals surface area contributed by atoms with Crippen molar-refractivity contribution >= 4 is 32.3 Å². The van der Waals surface area contributed by atoms with E-state index in [4.69, 9.17) is 5.73 Å². The summed E-state index contributed by atoms with van der Waals surface area (Å²) < 4.78 is 0. The third-order valence-electron chi connectivity index (χ3n) is 3.76. The average molecular weight is 231 g/mol. The van der Waals surface area contributed by atoms with Gasteiger partial charge in [-0.05, 0) is 50.0 Å². The van der Waals surface area contributed by atoms with Gasteiger partial charge < -0.3 is 5.73 Å². The molecule has 18 heavy (non-hydrogen) atoms. The highest BCUT2D eigenvalue weighted by Gasteiger charge is 2.08. The normalized spacial score (nSPS) is 11.8. The van der Waals surface area contributed by atoms with E-state index in [1.165, 1.54) is 37.9 Å². The molecule has 86 valence electrons. The van der Waals surface area contributed by atoms with E-state index in [0.717, 1.165) is 0 Å². The number of rotatable bonds is 1. The second kappa shape index (κ2) is 3.44. The number of hydrogen-bond donors (Lipinski definition) is 1. The molecule has 2 N–H and O–H groups in total. The molecule has 4 aromatic carbocycles. The summed E-state index contributed by atoms with van der Waals surface area (Å²) in [7, 11) is 0. The Hall–Kier alpha value is -2.12.